The molecule has 0 aromatic heterocycles. The molecule has 1 saturated carbocycles. The number of urea groups is 1. The van der Waals surface area contributed by atoms with Crippen LogP contribution < -0.4 is 5.32 Å². The third-order valence-corrected chi connectivity index (χ3v) is 5.90. The molecule has 2 rings (SSSR count). The van der Waals surface area contributed by atoms with Gasteiger partial charge in [-0.05, 0) is 39.0 Å². The molecule has 1 heterocycles. The third kappa shape index (κ3) is 3.98. The van der Waals surface area contributed by atoms with E-state index in [4.69, 9.17) is 0 Å². The van der Waals surface area contributed by atoms with Gasteiger partial charge in [-0.1, -0.05) is 12.0 Å². The lowest BCUT2D eigenvalue weighted by Gasteiger charge is -2.26. The van der Waals surface area contributed by atoms with Crippen LogP contribution in [0.1, 0.15) is 45.4 Å². The SMILES string of the molecule is CCN(C(=O)NC=C1CCCCC1)C1CCS(=O)(=O)C1. The van der Waals surface area contributed by atoms with E-state index in [9.17, 15) is 13.2 Å². The summed E-state index contributed by atoms with van der Waals surface area (Å²) in [7, 11) is -2.96. The fourth-order valence-corrected chi connectivity index (χ4v) is 4.72. The van der Waals surface area contributed by atoms with Crippen LogP contribution in [-0.2, 0) is 9.84 Å². The number of hydrogen-bond donors (Lipinski definition) is 1. The standard InChI is InChI=1S/C14H24N2O3S/c1-2-16(13-8-9-20(18,19)11-13)14(17)15-10-12-6-4-3-5-7-12/h10,13H,2-9,11H2,1H3,(H,15,17). The van der Waals surface area contributed by atoms with Gasteiger partial charge < -0.3 is 10.2 Å². The lowest BCUT2D eigenvalue weighted by molar-refractivity contribution is 0.187. The number of nitrogens with zero attached hydrogens (tertiary/aromatic N) is 1. The van der Waals surface area contributed by atoms with Crippen LogP contribution in [0.5, 0.6) is 0 Å². The minimum absolute atomic E-state index is 0.102. The molecule has 0 spiro atoms. The zero-order valence-electron chi connectivity index (χ0n) is 12.1. The summed E-state index contributed by atoms with van der Waals surface area (Å²) < 4.78 is 23.0. The van der Waals surface area contributed by atoms with Gasteiger partial charge in [-0.25, -0.2) is 13.2 Å². The van der Waals surface area contributed by atoms with Gasteiger partial charge in [0.1, 0.15) is 0 Å². The van der Waals surface area contributed by atoms with Crippen molar-refractivity contribution < 1.29 is 13.2 Å². The Hall–Kier alpha value is -1.04. The fraction of sp³-hybridized carbons (Fsp3) is 0.786. The van der Waals surface area contributed by atoms with Crippen molar-refractivity contribution in [1.82, 2.24) is 10.2 Å². The average molecular weight is 300 g/mol. The van der Waals surface area contributed by atoms with Crippen molar-refractivity contribution in [2.24, 2.45) is 0 Å². The van der Waals surface area contributed by atoms with Gasteiger partial charge in [0, 0.05) is 18.8 Å². The van der Waals surface area contributed by atoms with Crippen LogP contribution in [0.3, 0.4) is 0 Å². The second-order valence-electron chi connectivity index (χ2n) is 5.66. The predicted molar refractivity (Wildman–Crippen MR) is 79.1 cm³/mol. The van der Waals surface area contributed by atoms with Crippen molar-refractivity contribution >= 4 is 15.9 Å². The van der Waals surface area contributed by atoms with E-state index in [2.05, 4.69) is 5.32 Å². The Balaban J connectivity index is 1.92. The van der Waals surface area contributed by atoms with E-state index in [0.29, 0.717) is 13.0 Å². The molecule has 0 radical (unpaired) electrons. The molecule has 1 N–H and O–H groups in total. The minimum Gasteiger partial charge on any atom is -0.321 e. The van der Waals surface area contributed by atoms with E-state index in [-0.39, 0.29) is 23.6 Å². The van der Waals surface area contributed by atoms with Crippen LogP contribution in [0.2, 0.25) is 0 Å². The monoisotopic (exact) mass is 300 g/mol. The van der Waals surface area contributed by atoms with Gasteiger partial charge in [-0.2, -0.15) is 0 Å². The first-order valence-electron chi connectivity index (χ1n) is 7.47. The molecule has 2 aliphatic rings. The van der Waals surface area contributed by atoms with Crippen molar-refractivity contribution in [2.75, 3.05) is 18.1 Å². The van der Waals surface area contributed by atoms with Crippen molar-refractivity contribution in [3.05, 3.63) is 11.8 Å². The molecule has 1 saturated heterocycles. The lowest BCUT2D eigenvalue weighted by atomic mass is 9.96. The van der Waals surface area contributed by atoms with Crippen molar-refractivity contribution in [3.8, 4) is 0 Å². The summed E-state index contributed by atoms with van der Waals surface area (Å²) in [6.45, 7) is 2.42. The topological polar surface area (TPSA) is 66.5 Å². The maximum Gasteiger partial charge on any atom is 0.321 e. The summed E-state index contributed by atoms with van der Waals surface area (Å²) in [4.78, 5) is 13.8. The number of sulfone groups is 1. The molecule has 1 atom stereocenters. The van der Waals surface area contributed by atoms with E-state index < -0.39 is 9.84 Å². The van der Waals surface area contributed by atoms with E-state index in [1.54, 1.807) is 4.90 Å². The Morgan fingerprint density at radius 1 is 1.35 bits per heavy atom. The van der Waals surface area contributed by atoms with Gasteiger partial charge in [-0.15, -0.1) is 0 Å². The van der Waals surface area contributed by atoms with Crippen LogP contribution in [0, 0.1) is 0 Å². The van der Waals surface area contributed by atoms with Crippen molar-refractivity contribution in [2.45, 2.75) is 51.5 Å². The van der Waals surface area contributed by atoms with Crippen LogP contribution in [0.15, 0.2) is 11.8 Å². The molecular formula is C14H24N2O3S. The zero-order chi connectivity index (χ0) is 14.6. The van der Waals surface area contributed by atoms with Gasteiger partial charge >= 0.3 is 6.03 Å². The maximum absolute atomic E-state index is 12.2. The number of nitrogens with one attached hydrogen (secondary N) is 1. The van der Waals surface area contributed by atoms with Gasteiger partial charge in [0.25, 0.3) is 0 Å². The number of carbonyl (C=O) groups excluding carboxylic acids is 1. The van der Waals surface area contributed by atoms with E-state index in [1.807, 2.05) is 13.1 Å². The molecule has 0 aromatic rings. The van der Waals surface area contributed by atoms with Gasteiger partial charge in [0.2, 0.25) is 0 Å². The Morgan fingerprint density at radius 2 is 2.05 bits per heavy atom. The average Bonchev–Trinajstić information content (AvgIpc) is 2.78. The Kier molecular flexibility index (Phi) is 5.07. The molecule has 1 unspecified atom stereocenters. The number of carbonyl (C=O) groups is 1. The molecule has 0 aromatic carbocycles. The quantitative estimate of drug-likeness (QED) is 0.867. The van der Waals surface area contributed by atoms with Gasteiger partial charge in [0.05, 0.1) is 11.5 Å². The van der Waals surface area contributed by atoms with Gasteiger partial charge in [-0.3, -0.25) is 0 Å². The number of allylic oxidation sites excluding steroid dienone is 1. The van der Waals surface area contributed by atoms with Crippen molar-refractivity contribution in [1.29, 1.82) is 0 Å². The first kappa shape index (κ1) is 15.4. The first-order valence-corrected chi connectivity index (χ1v) is 9.29. The summed E-state index contributed by atoms with van der Waals surface area (Å²) in [6.07, 6.45) is 8.16. The number of amides is 2. The largest absolute Gasteiger partial charge is 0.321 e. The molecule has 5 nitrogen and oxygen atoms in total. The molecule has 114 valence electrons. The first-order chi connectivity index (χ1) is 9.52. The van der Waals surface area contributed by atoms with E-state index >= 15 is 0 Å². The molecule has 2 amide bonds. The second kappa shape index (κ2) is 6.61. The Labute approximate surface area is 121 Å². The van der Waals surface area contributed by atoms with Gasteiger partial charge in [0.15, 0.2) is 9.84 Å². The number of hydrogen-bond acceptors (Lipinski definition) is 3. The highest BCUT2D eigenvalue weighted by Gasteiger charge is 2.33. The van der Waals surface area contributed by atoms with E-state index in [0.717, 1.165) is 12.8 Å². The minimum atomic E-state index is -2.96. The maximum atomic E-state index is 12.2. The van der Waals surface area contributed by atoms with Crippen molar-refractivity contribution in [3.63, 3.8) is 0 Å². The highest BCUT2D eigenvalue weighted by Crippen LogP contribution is 2.22. The zero-order valence-corrected chi connectivity index (χ0v) is 12.9. The Bertz CT molecular complexity index is 477. The highest BCUT2D eigenvalue weighted by atomic mass is 32.2. The van der Waals surface area contributed by atoms with Crippen LogP contribution >= 0.6 is 0 Å². The molecule has 1 aliphatic carbocycles. The van der Waals surface area contributed by atoms with Crippen LogP contribution in [-0.4, -0.2) is 43.4 Å². The summed E-state index contributed by atoms with van der Waals surface area (Å²) >= 11 is 0. The summed E-state index contributed by atoms with van der Waals surface area (Å²) in [5, 5.41) is 2.84. The summed E-state index contributed by atoms with van der Waals surface area (Å²) in [5.41, 5.74) is 1.29. The lowest BCUT2D eigenvalue weighted by Crippen LogP contribution is -2.45. The normalized spacial score (nSPS) is 25.2. The smallest absolute Gasteiger partial charge is 0.321 e. The van der Waals surface area contributed by atoms with Crippen LogP contribution in [0.4, 0.5) is 4.79 Å². The number of rotatable bonds is 3. The second-order valence-corrected chi connectivity index (χ2v) is 7.88. The molecule has 6 heteroatoms. The van der Waals surface area contributed by atoms with E-state index in [1.165, 1.54) is 24.8 Å². The summed E-state index contributed by atoms with van der Waals surface area (Å²) in [5.74, 6) is 0.299. The molecule has 2 fully saturated rings. The fourth-order valence-electron chi connectivity index (χ4n) is 2.99. The molecular weight excluding hydrogens is 276 g/mol. The third-order valence-electron chi connectivity index (χ3n) is 4.15. The summed E-state index contributed by atoms with van der Waals surface area (Å²) in [6, 6.07) is -0.345. The highest BCUT2D eigenvalue weighted by molar-refractivity contribution is 7.91. The Morgan fingerprint density at radius 3 is 2.60 bits per heavy atom. The van der Waals surface area contributed by atoms with Crippen LogP contribution in [0.25, 0.3) is 0 Å². The molecule has 20 heavy (non-hydrogen) atoms. The predicted octanol–water partition coefficient (Wildman–Crippen LogP) is 2.05. The molecule has 0 bridgehead atoms. The molecule has 1 aliphatic heterocycles.